The van der Waals surface area contributed by atoms with Crippen LogP contribution in [0.3, 0.4) is 0 Å². The largest absolute Gasteiger partial charge is 0.338 e. The summed E-state index contributed by atoms with van der Waals surface area (Å²) in [5, 5.41) is 2.24. The Morgan fingerprint density at radius 3 is 2.67 bits per heavy atom. The van der Waals surface area contributed by atoms with Crippen LogP contribution in [0.25, 0.3) is 0 Å². The zero-order chi connectivity index (χ0) is 17.1. The quantitative estimate of drug-likeness (QED) is 0.846. The van der Waals surface area contributed by atoms with Crippen molar-refractivity contribution < 1.29 is 14.4 Å². The first-order valence-electron chi connectivity index (χ1n) is 8.08. The Balaban J connectivity index is 1.68. The van der Waals surface area contributed by atoms with Crippen molar-refractivity contribution in [3.63, 3.8) is 0 Å². The predicted molar refractivity (Wildman–Crippen MR) is 94.3 cm³/mol. The number of imide groups is 1. The number of likely N-dealkylation sites (tertiary alicyclic amines) is 1. The minimum atomic E-state index is -0.421. The van der Waals surface area contributed by atoms with Crippen LogP contribution < -0.4 is 10.2 Å². The number of nitrogens with one attached hydrogen (secondary N) is 1. The maximum absolute atomic E-state index is 12.7. The van der Waals surface area contributed by atoms with E-state index in [2.05, 4.69) is 11.6 Å². The van der Waals surface area contributed by atoms with Crippen molar-refractivity contribution in [2.45, 2.75) is 12.8 Å². The minimum Gasteiger partial charge on any atom is -0.338 e. The molecule has 0 bridgehead atoms. The first-order chi connectivity index (χ1) is 11.6. The molecule has 6 nitrogen and oxygen atoms in total. The zero-order valence-corrected chi connectivity index (χ0v) is 14.5. The normalized spacial score (nSPS) is 21.1. The second-order valence-electron chi connectivity index (χ2n) is 6.20. The number of amides is 4. The predicted octanol–water partition coefficient (Wildman–Crippen LogP) is 1.96. The summed E-state index contributed by atoms with van der Waals surface area (Å²) in [4.78, 5) is 38.9. The van der Waals surface area contributed by atoms with Crippen molar-refractivity contribution in [3.05, 3.63) is 29.8 Å². The van der Waals surface area contributed by atoms with Crippen LogP contribution in [-0.2, 0) is 4.79 Å². The van der Waals surface area contributed by atoms with E-state index in [4.69, 9.17) is 0 Å². The van der Waals surface area contributed by atoms with E-state index in [1.54, 1.807) is 24.3 Å². The van der Waals surface area contributed by atoms with E-state index in [-0.39, 0.29) is 18.4 Å². The highest BCUT2D eigenvalue weighted by Crippen LogP contribution is 2.23. The number of urea groups is 1. The van der Waals surface area contributed by atoms with E-state index in [0.717, 1.165) is 25.3 Å². The van der Waals surface area contributed by atoms with Gasteiger partial charge in [-0.15, -0.1) is 0 Å². The summed E-state index contributed by atoms with van der Waals surface area (Å²) in [6.07, 6.45) is 4.32. The topological polar surface area (TPSA) is 69.7 Å². The summed E-state index contributed by atoms with van der Waals surface area (Å²) < 4.78 is 0. The van der Waals surface area contributed by atoms with E-state index in [1.807, 2.05) is 16.7 Å². The van der Waals surface area contributed by atoms with Crippen LogP contribution in [0, 0.1) is 5.92 Å². The highest BCUT2D eigenvalue weighted by molar-refractivity contribution is 7.98. The lowest BCUT2D eigenvalue weighted by Crippen LogP contribution is -2.40. The van der Waals surface area contributed by atoms with Gasteiger partial charge in [0.25, 0.3) is 5.91 Å². The number of carbonyl (C=O) groups excluding carboxylic acids is 3. The van der Waals surface area contributed by atoms with E-state index >= 15 is 0 Å². The molecule has 1 atom stereocenters. The molecule has 0 radical (unpaired) electrons. The van der Waals surface area contributed by atoms with Crippen LogP contribution in [0.15, 0.2) is 24.3 Å². The Bertz CT molecular complexity index is 645. The van der Waals surface area contributed by atoms with Crippen LogP contribution in [0.4, 0.5) is 10.5 Å². The molecule has 4 amide bonds. The average molecular weight is 347 g/mol. The van der Waals surface area contributed by atoms with Crippen LogP contribution in [0.1, 0.15) is 23.2 Å². The fraction of sp³-hybridized carbons (Fsp3) is 0.471. The van der Waals surface area contributed by atoms with Gasteiger partial charge in [-0.2, -0.15) is 11.8 Å². The zero-order valence-electron chi connectivity index (χ0n) is 13.7. The Hall–Kier alpha value is -2.02. The molecule has 1 aromatic carbocycles. The number of carbonyl (C=O) groups is 3. The summed E-state index contributed by atoms with van der Waals surface area (Å²) >= 11 is 1.83. The molecule has 0 spiro atoms. The molecular formula is C17H21N3O3S. The minimum absolute atomic E-state index is 0.0224. The average Bonchev–Trinajstić information content (AvgIpc) is 2.93. The molecule has 24 heavy (non-hydrogen) atoms. The maximum Gasteiger partial charge on any atom is 0.329 e. The summed E-state index contributed by atoms with van der Waals surface area (Å²) in [5.41, 5.74) is 1.24. The van der Waals surface area contributed by atoms with Crippen molar-refractivity contribution in [2.24, 2.45) is 5.92 Å². The summed E-state index contributed by atoms with van der Waals surface area (Å²) in [7, 11) is 0. The molecule has 1 unspecified atom stereocenters. The number of piperidine rings is 1. The van der Waals surface area contributed by atoms with Crippen LogP contribution >= 0.6 is 11.8 Å². The SMILES string of the molecule is CSCC1CCCN(C(=O)c2ccc(N3CC(=O)NC3=O)cc2)C1. The Labute approximate surface area is 145 Å². The van der Waals surface area contributed by atoms with Crippen molar-refractivity contribution in [3.8, 4) is 0 Å². The third-order valence-corrected chi connectivity index (χ3v) is 5.23. The number of hydrogen-bond donors (Lipinski definition) is 1. The lowest BCUT2D eigenvalue weighted by Gasteiger charge is -2.32. The first kappa shape index (κ1) is 16.8. The van der Waals surface area contributed by atoms with Gasteiger partial charge in [-0.1, -0.05) is 0 Å². The molecule has 3 rings (SSSR count). The third-order valence-electron chi connectivity index (χ3n) is 4.43. The second kappa shape index (κ2) is 7.25. The number of anilines is 1. The van der Waals surface area contributed by atoms with Crippen molar-refractivity contribution in [2.75, 3.05) is 36.5 Å². The summed E-state index contributed by atoms with van der Waals surface area (Å²) in [6.45, 7) is 1.63. The van der Waals surface area contributed by atoms with E-state index in [0.29, 0.717) is 17.2 Å². The number of rotatable bonds is 4. The molecule has 2 fully saturated rings. The van der Waals surface area contributed by atoms with Gasteiger partial charge in [-0.3, -0.25) is 19.8 Å². The standard InChI is InChI=1S/C17H21N3O3S/c1-24-11-12-3-2-8-19(9-12)16(22)13-4-6-14(7-5-13)20-10-15(21)18-17(20)23/h4-7,12H,2-3,8-11H2,1H3,(H,18,21,23). The monoisotopic (exact) mass is 347 g/mol. The van der Waals surface area contributed by atoms with Gasteiger partial charge in [-0.05, 0) is 55.0 Å². The van der Waals surface area contributed by atoms with Crippen molar-refractivity contribution >= 4 is 35.3 Å². The molecule has 0 aromatic heterocycles. The molecule has 1 aromatic rings. The fourth-order valence-corrected chi connectivity index (χ4v) is 3.98. The molecule has 7 heteroatoms. The molecule has 2 heterocycles. The smallest absolute Gasteiger partial charge is 0.329 e. The fourth-order valence-electron chi connectivity index (χ4n) is 3.24. The molecule has 1 N–H and O–H groups in total. The Morgan fingerprint density at radius 1 is 1.29 bits per heavy atom. The number of hydrogen-bond acceptors (Lipinski definition) is 4. The van der Waals surface area contributed by atoms with Crippen LogP contribution in [0.2, 0.25) is 0 Å². The van der Waals surface area contributed by atoms with Gasteiger partial charge in [0, 0.05) is 24.3 Å². The van der Waals surface area contributed by atoms with E-state index < -0.39 is 6.03 Å². The third kappa shape index (κ3) is 3.56. The molecule has 0 saturated carbocycles. The Morgan fingerprint density at radius 2 is 2.04 bits per heavy atom. The molecule has 2 aliphatic rings. The van der Waals surface area contributed by atoms with Gasteiger partial charge in [-0.25, -0.2) is 4.79 Å². The molecule has 2 saturated heterocycles. The molecule has 0 aliphatic carbocycles. The van der Waals surface area contributed by atoms with E-state index in [9.17, 15) is 14.4 Å². The number of benzene rings is 1. The van der Waals surface area contributed by atoms with Crippen LogP contribution in [0.5, 0.6) is 0 Å². The molecule has 128 valence electrons. The molecular weight excluding hydrogens is 326 g/mol. The summed E-state index contributed by atoms with van der Waals surface area (Å²) in [6, 6.07) is 6.47. The number of thioether (sulfide) groups is 1. The lowest BCUT2D eigenvalue weighted by molar-refractivity contribution is -0.117. The van der Waals surface area contributed by atoms with Gasteiger partial charge >= 0.3 is 6.03 Å². The lowest BCUT2D eigenvalue weighted by atomic mass is 9.99. The van der Waals surface area contributed by atoms with Gasteiger partial charge in [0.15, 0.2) is 0 Å². The maximum atomic E-state index is 12.7. The van der Waals surface area contributed by atoms with Crippen molar-refractivity contribution in [1.82, 2.24) is 10.2 Å². The van der Waals surface area contributed by atoms with Crippen molar-refractivity contribution in [1.29, 1.82) is 0 Å². The van der Waals surface area contributed by atoms with E-state index in [1.165, 1.54) is 11.3 Å². The molecule has 2 aliphatic heterocycles. The van der Waals surface area contributed by atoms with Gasteiger partial charge in [0.1, 0.15) is 6.54 Å². The van der Waals surface area contributed by atoms with Crippen LogP contribution in [-0.4, -0.2) is 54.4 Å². The van der Waals surface area contributed by atoms with Gasteiger partial charge < -0.3 is 4.90 Å². The Kier molecular flexibility index (Phi) is 5.08. The highest BCUT2D eigenvalue weighted by Gasteiger charge is 2.28. The van der Waals surface area contributed by atoms with Gasteiger partial charge in [0.05, 0.1) is 0 Å². The second-order valence-corrected chi connectivity index (χ2v) is 7.11. The number of nitrogens with zero attached hydrogens (tertiary/aromatic N) is 2. The summed E-state index contributed by atoms with van der Waals surface area (Å²) in [5.74, 6) is 1.37. The van der Waals surface area contributed by atoms with Gasteiger partial charge in [0.2, 0.25) is 5.91 Å². The first-order valence-corrected chi connectivity index (χ1v) is 9.47. The highest BCUT2D eigenvalue weighted by atomic mass is 32.2.